The van der Waals surface area contributed by atoms with Gasteiger partial charge in [-0.2, -0.15) is 0 Å². The first kappa shape index (κ1) is 12.7. The smallest absolute Gasteiger partial charge is 0.338 e. The Morgan fingerprint density at radius 2 is 1.73 bits per heavy atom. The van der Waals surface area contributed by atoms with Crippen molar-refractivity contribution in [1.82, 2.24) is 0 Å². The summed E-state index contributed by atoms with van der Waals surface area (Å²) in [5, 5.41) is 0. The Labute approximate surface area is 100 Å². The van der Waals surface area contributed by atoms with Crippen molar-refractivity contribution in [3.63, 3.8) is 0 Å². The van der Waals surface area contributed by atoms with Crippen molar-refractivity contribution in [2.75, 3.05) is 7.11 Å². The summed E-state index contributed by atoms with van der Waals surface area (Å²) < 4.78 is 15.2. The number of carbonyl (C=O) groups excluding carboxylic acids is 1. The number of benzene rings is 1. The van der Waals surface area contributed by atoms with Gasteiger partial charge in [-0.15, -0.1) is 0 Å². The molecule has 0 saturated heterocycles. The number of carbonyl (C=O) groups is 1. The van der Waals surface area contributed by atoms with Gasteiger partial charge in [0.1, 0.15) is 16.0 Å². The zero-order valence-electron chi connectivity index (χ0n) is 7.82. The van der Waals surface area contributed by atoms with Gasteiger partial charge in [-0.25, -0.2) is 4.79 Å². The predicted molar refractivity (Wildman–Crippen MR) is 66.2 cm³/mol. The maximum atomic E-state index is 11.3. The highest BCUT2D eigenvalue weighted by Gasteiger charge is 2.14. The van der Waals surface area contributed by atoms with E-state index in [2.05, 4.69) is 39.6 Å². The lowest BCUT2D eigenvalue weighted by molar-refractivity contribution is 0.0600. The molecule has 7 heteroatoms. The molecule has 0 heterocycles. The van der Waals surface area contributed by atoms with E-state index in [0.29, 0.717) is 21.5 Å². The molecule has 4 nitrogen and oxygen atoms in total. The second kappa shape index (κ2) is 5.64. The summed E-state index contributed by atoms with van der Waals surface area (Å²) in [6.45, 7) is 0. The molecule has 0 N–H and O–H groups in total. The van der Waals surface area contributed by atoms with Gasteiger partial charge in [-0.3, -0.25) is 0 Å². The van der Waals surface area contributed by atoms with Crippen molar-refractivity contribution < 1.29 is 18.6 Å². The lowest BCUT2D eigenvalue weighted by Gasteiger charge is -2.09. The minimum Gasteiger partial charge on any atom is -0.479 e. The molecule has 82 valence electrons. The lowest BCUT2D eigenvalue weighted by atomic mass is 10.2. The van der Waals surface area contributed by atoms with Gasteiger partial charge < -0.3 is 13.8 Å². The van der Waals surface area contributed by atoms with Crippen LogP contribution in [0.15, 0.2) is 16.6 Å². The highest BCUT2D eigenvalue weighted by molar-refractivity contribution is 9.10. The molecule has 0 radical (unpaired) electrons. The second-order valence-electron chi connectivity index (χ2n) is 2.51. The number of ether oxygens (including phenoxy) is 1. The summed E-state index contributed by atoms with van der Waals surface area (Å²) in [5.74, 6) is 0.495. The van der Waals surface area contributed by atoms with Gasteiger partial charge in [-0.05, 0) is 28.1 Å². The molecule has 0 saturated carbocycles. The largest absolute Gasteiger partial charge is 0.479 e. The van der Waals surface area contributed by atoms with E-state index in [1.165, 1.54) is 7.11 Å². The van der Waals surface area contributed by atoms with E-state index < -0.39 is 5.97 Å². The van der Waals surface area contributed by atoms with Crippen molar-refractivity contribution in [2.24, 2.45) is 0 Å². The topological polar surface area (TPSA) is 44.8 Å². The number of rotatable bonds is 3. The lowest BCUT2D eigenvalue weighted by Crippen LogP contribution is -2.01. The summed E-state index contributed by atoms with van der Waals surface area (Å²) in [7, 11) is 5.51. The molecule has 1 rings (SSSR count). The molecular formula is C8H9BrO4P2. The predicted octanol–water partition coefficient (Wildman–Crippen LogP) is 2.57. The Balaban J connectivity index is 3.26. The third kappa shape index (κ3) is 2.81. The maximum absolute atomic E-state index is 11.3. The Bertz CT molecular complexity index is 358. The van der Waals surface area contributed by atoms with Crippen LogP contribution in [0.25, 0.3) is 0 Å². The van der Waals surface area contributed by atoms with Gasteiger partial charge in [0.15, 0.2) is 0 Å². The van der Waals surface area contributed by atoms with Gasteiger partial charge in [-0.1, -0.05) is 0 Å². The number of halogens is 1. The normalized spacial score (nSPS) is 9.60. The van der Waals surface area contributed by atoms with E-state index in [-0.39, 0.29) is 0 Å². The Hall–Kier alpha value is -0.370. The SMILES string of the molecule is COC(=O)c1cc(OP)c(Br)c(OP)c1. The molecule has 1 aromatic carbocycles. The van der Waals surface area contributed by atoms with Gasteiger partial charge in [0.05, 0.1) is 31.6 Å². The quantitative estimate of drug-likeness (QED) is 0.636. The van der Waals surface area contributed by atoms with Gasteiger partial charge in [0, 0.05) is 0 Å². The van der Waals surface area contributed by atoms with Crippen molar-refractivity contribution >= 4 is 40.8 Å². The summed E-state index contributed by atoms with van der Waals surface area (Å²) in [5.41, 5.74) is 0.357. The molecule has 2 unspecified atom stereocenters. The standard InChI is InChI=1S/C8H9BrO4P2/c1-11-8(10)4-2-5(12-14)7(9)6(3-4)13-15/h2-3H,14-15H2,1H3. The van der Waals surface area contributed by atoms with Crippen LogP contribution in [0.2, 0.25) is 0 Å². The average molecular weight is 311 g/mol. The molecule has 15 heavy (non-hydrogen) atoms. The molecule has 2 atom stereocenters. The van der Waals surface area contributed by atoms with Crippen LogP contribution in [0.3, 0.4) is 0 Å². The third-order valence-corrected chi connectivity index (χ3v) is 2.97. The van der Waals surface area contributed by atoms with Crippen LogP contribution in [0.1, 0.15) is 10.4 Å². The van der Waals surface area contributed by atoms with Crippen LogP contribution >= 0.6 is 34.9 Å². The first-order valence-electron chi connectivity index (χ1n) is 3.79. The zero-order valence-corrected chi connectivity index (χ0v) is 11.7. The molecule has 0 aromatic heterocycles. The highest BCUT2D eigenvalue weighted by atomic mass is 79.9. The van der Waals surface area contributed by atoms with E-state index in [9.17, 15) is 4.79 Å². The molecule has 0 fully saturated rings. The highest BCUT2D eigenvalue weighted by Crippen LogP contribution is 2.37. The molecule has 0 spiro atoms. The Kier molecular flexibility index (Phi) is 4.78. The van der Waals surface area contributed by atoms with Crippen molar-refractivity contribution in [1.29, 1.82) is 0 Å². The van der Waals surface area contributed by atoms with E-state index in [4.69, 9.17) is 9.05 Å². The van der Waals surface area contributed by atoms with Crippen LogP contribution in [0.4, 0.5) is 0 Å². The Morgan fingerprint density at radius 3 is 2.07 bits per heavy atom. The van der Waals surface area contributed by atoms with E-state index >= 15 is 0 Å². The fraction of sp³-hybridized carbons (Fsp3) is 0.125. The minimum absolute atomic E-state index is 0.357. The molecular weight excluding hydrogens is 302 g/mol. The van der Waals surface area contributed by atoms with Gasteiger partial charge in [0.25, 0.3) is 0 Å². The van der Waals surface area contributed by atoms with Gasteiger partial charge in [0.2, 0.25) is 0 Å². The zero-order chi connectivity index (χ0) is 11.4. The average Bonchev–Trinajstić information content (AvgIpc) is 2.28. The van der Waals surface area contributed by atoms with Crippen molar-refractivity contribution in [3.8, 4) is 11.5 Å². The molecule has 0 bridgehead atoms. The van der Waals surface area contributed by atoms with Crippen molar-refractivity contribution in [3.05, 3.63) is 22.2 Å². The monoisotopic (exact) mass is 310 g/mol. The fourth-order valence-corrected chi connectivity index (χ4v) is 2.11. The third-order valence-electron chi connectivity index (χ3n) is 1.68. The number of esters is 1. The molecule has 0 aliphatic rings. The van der Waals surface area contributed by atoms with Crippen LogP contribution in [-0.2, 0) is 4.74 Å². The Morgan fingerprint density at radius 1 is 1.27 bits per heavy atom. The summed E-state index contributed by atoms with van der Waals surface area (Å²) in [6.07, 6.45) is 0. The molecule has 0 aliphatic heterocycles. The van der Waals surface area contributed by atoms with Gasteiger partial charge >= 0.3 is 5.97 Å². The molecule has 0 aliphatic carbocycles. The van der Waals surface area contributed by atoms with E-state index in [0.717, 1.165) is 0 Å². The number of hydrogen-bond acceptors (Lipinski definition) is 4. The second-order valence-corrected chi connectivity index (χ2v) is 3.78. The molecule has 0 amide bonds. The summed E-state index contributed by atoms with van der Waals surface area (Å²) >= 11 is 3.28. The van der Waals surface area contributed by atoms with Crippen LogP contribution in [0.5, 0.6) is 11.5 Å². The summed E-state index contributed by atoms with van der Waals surface area (Å²) in [4.78, 5) is 11.3. The number of hydrogen-bond donors (Lipinski definition) is 0. The van der Waals surface area contributed by atoms with E-state index in [1.54, 1.807) is 12.1 Å². The van der Waals surface area contributed by atoms with E-state index in [1.807, 2.05) is 0 Å². The fourth-order valence-electron chi connectivity index (χ4n) is 0.979. The summed E-state index contributed by atoms with van der Waals surface area (Å²) in [6, 6.07) is 3.10. The first-order valence-corrected chi connectivity index (χ1v) is 5.53. The minimum atomic E-state index is -0.450. The maximum Gasteiger partial charge on any atom is 0.338 e. The van der Waals surface area contributed by atoms with Crippen LogP contribution < -0.4 is 9.05 Å². The van der Waals surface area contributed by atoms with Crippen LogP contribution in [-0.4, -0.2) is 13.1 Å². The molecule has 1 aromatic rings. The van der Waals surface area contributed by atoms with Crippen LogP contribution in [0, 0.1) is 0 Å². The number of methoxy groups -OCH3 is 1. The van der Waals surface area contributed by atoms with Crippen molar-refractivity contribution in [2.45, 2.75) is 0 Å². The first-order chi connectivity index (χ1) is 7.13.